The lowest BCUT2D eigenvalue weighted by Gasteiger charge is -2.10. The highest BCUT2D eigenvalue weighted by atomic mass is 35.5. The van der Waals surface area contributed by atoms with Crippen molar-refractivity contribution in [1.29, 1.82) is 0 Å². The molecule has 2 rings (SSSR count). The van der Waals surface area contributed by atoms with Crippen LogP contribution >= 0.6 is 11.6 Å². The molecule has 0 heterocycles. The zero-order valence-electron chi connectivity index (χ0n) is 11.1. The number of alkyl halides is 3. The molecular formula is C16H10ClF3O2. The third-order valence-corrected chi connectivity index (χ3v) is 2.99. The standard InChI is InChI=1S/C16H10ClF3O2/c17-14-8-7-12(22-16(18,19)20)10-13(14)15(21)9-6-11-4-2-1-3-5-11/h1-10H. The number of ether oxygens (including phenoxy) is 1. The summed E-state index contributed by atoms with van der Waals surface area (Å²) in [6.45, 7) is 0. The third-order valence-electron chi connectivity index (χ3n) is 2.66. The van der Waals surface area contributed by atoms with Crippen molar-refractivity contribution in [1.82, 2.24) is 0 Å². The van der Waals surface area contributed by atoms with Crippen molar-refractivity contribution in [2.45, 2.75) is 6.36 Å². The van der Waals surface area contributed by atoms with Crippen LogP contribution in [0.4, 0.5) is 13.2 Å². The molecule has 0 aliphatic heterocycles. The molecule has 0 unspecified atom stereocenters. The Balaban J connectivity index is 2.22. The number of carbonyl (C=O) groups is 1. The highest BCUT2D eigenvalue weighted by Gasteiger charge is 2.31. The topological polar surface area (TPSA) is 26.3 Å². The van der Waals surface area contributed by atoms with E-state index in [1.807, 2.05) is 6.07 Å². The molecule has 0 aromatic heterocycles. The first-order valence-electron chi connectivity index (χ1n) is 6.18. The van der Waals surface area contributed by atoms with Crippen LogP contribution in [0.3, 0.4) is 0 Å². The second kappa shape index (κ2) is 6.66. The molecule has 0 saturated carbocycles. The minimum absolute atomic E-state index is 0.0530. The summed E-state index contributed by atoms with van der Waals surface area (Å²) < 4.78 is 40.3. The lowest BCUT2D eigenvalue weighted by atomic mass is 10.1. The average molecular weight is 327 g/mol. The van der Waals surface area contributed by atoms with Gasteiger partial charge in [-0.2, -0.15) is 0 Å². The summed E-state index contributed by atoms with van der Waals surface area (Å²) in [5, 5.41) is 0.0530. The van der Waals surface area contributed by atoms with Gasteiger partial charge in [0.05, 0.1) is 5.02 Å². The summed E-state index contributed by atoms with van der Waals surface area (Å²) in [5.41, 5.74) is 0.727. The van der Waals surface area contributed by atoms with Gasteiger partial charge in [-0.15, -0.1) is 13.2 Å². The number of hydrogen-bond acceptors (Lipinski definition) is 2. The van der Waals surface area contributed by atoms with Crippen molar-refractivity contribution in [3.05, 3.63) is 70.8 Å². The monoisotopic (exact) mass is 326 g/mol. The Morgan fingerprint density at radius 2 is 1.77 bits per heavy atom. The van der Waals surface area contributed by atoms with Crippen molar-refractivity contribution in [2.75, 3.05) is 0 Å². The van der Waals surface area contributed by atoms with Gasteiger partial charge in [-0.3, -0.25) is 4.79 Å². The van der Waals surface area contributed by atoms with Gasteiger partial charge in [0.15, 0.2) is 5.78 Å². The van der Waals surface area contributed by atoms with Crippen molar-refractivity contribution in [2.24, 2.45) is 0 Å². The Kier molecular flexibility index (Phi) is 4.88. The Morgan fingerprint density at radius 1 is 1.09 bits per heavy atom. The largest absolute Gasteiger partial charge is 0.573 e. The van der Waals surface area contributed by atoms with Gasteiger partial charge in [-0.1, -0.05) is 48.0 Å². The summed E-state index contributed by atoms with van der Waals surface area (Å²) in [7, 11) is 0. The van der Waals surface area contributed by atoms with E-state index in [0.29, 0.717) is 0 Å². The van der Waals surface area contributed by atoms with E-state index >= 15 is 0 Å². The van der Waals surface area contributed by atoms with Crippen LogP contribution in [0.5, 0.6) is 5.75 Å². The van der Waals surface area contributed by atoms with E-state index < -0.39 is 17.9 Å². The fraction of sp³-hybridized carbons (Fsp3) is 0.0625. The zero-order valence-corrected chi connectivity index (χ0v) is 11.9. The Hall–Kier alpha value is -2.27. The highest BCUT2D eigenvalue weighted by Crippen LogP contribution is 2.27. The highest BCUT2D eigenvalue weighted by molar-refractivity contribution is 6.34. The molecule has 0 radical (unpaired) electrons. The molecule has 0 fully saturated rings. The number of hydrogen-bond donors (Lipinski definition) is 0. The van der Waals surface area contributed by atoms with Crippen LogP contribution in [-0.4, -0.2) is 12.1 Å². The van der Waals surface area contributed by atoms with Gasteiger partial charge in [-0.05, 0) is 29.8 Å². The van der Waals surface area contributed by atoms with E-state index in [1.165, 1.54) is 12.1 Å². The van der Waals surface area contributed by atoms with Gasteiger partial charge in [0.1, 0.15) is 5.75 Å². The van der Waals surface area contributed by atoms with Crippen LogP contribution < -0.4 is 4.74 Å². The molecule has 2 aromatic rings. The van der Waals surface area contributed by atoms with E-state index in [9.17, 15) is 18.0 Å². The van der Waals surface area contributed by atoms with Gasteiger partial charge >= 0.3 is 6.36 Å². The number of allylic oxidation sites excluding steroid dienone is 1. The number of ketones is 1. The van der Waals surface area contributed by atoms with Crippen molar-refractivity contribution < 1.29 is 22.7 Å². The molecule has 114 valence electrons. The zero-order chi connectivity index (χ0) is 16.2. The summed E-state index contributed by atoms with van der Waals surface area (Å²) in [4.78, 5) is 12.0. The molecule has 2 aromatic carbocycles. The second-order valence-corrected chi connectivity index (χ2v) is 4.70. The smallest absolute Gasteiger partial charge is 0.406 e. The van der Waals surface area contributed by atoms with E-state index in [4.69, 9.17) is 11.6 Å². The van der Waals surface area contributed by atoms with Gasteiger partial charge in [-0.25, -0.2) is 0 Å². The summed E-state index contributed by atoms with van der Waals surface area (Å²) in [6.07, 6.45) is -2.03. The molecule has 0 aliphatic rings. The molecule has 0 spiro atoms. The lowest BCUT2D eigenvalue weighted by molar-refractivity contribution is -0.274. The van der Waals surface area contributed by atoms with Crippen LogP contribution in [0.2, 0.25) is 5.02 Å². The molecule has 6 heteroatoms. The Bertz CT molecular complexity index is 694. The van der Waals surface area contributed by atoms with Crippen molar-refractivity contribution in [3.8, 4) is 5.75 Å². The number of benzene rings is 2. The molecule has 2 nitrogen and oxygen atoms in total. The molecule has 0 saturated heterocycles. The minimum atomic E-state index is -4.83. The first kappa shape index (κ1) is 16.1. The number of halogens is 4. The molecule has 0 aliphatic carbocycles. The van der Waals surface area contributed by atoms with Crippen LogP contribution in [0.15, 0.2) is 54.6 Å². The van der Waals surface area contributed by atoms with Crippen molar-refractivity contribution in [3.63, 3.8) is 0 Å². The summed E-state index contributed by atoms with van der Waals surface area (Å²) >= 11 is 5.85. The maximum absolute atomic E-state index is 12.2. The van der Waals surface area contributed by atoms with Gasteiger partial charge < -0.3 is 4.74 Å². The van der Waals surface area contributed by atoms with Gasteiger partial charge in [0.2, 0.25) is 0 Å². The second-order valence-electron chi connectivity index (χ2n) is 4.30. The predicted octanol–water partition coefficient (Wildman–Crippen LogP) is 5.13. The van der Waals surface area contributed by atoms with E-state index in [2.05, 4.69) is 4.74 Å². The Labute approximate surface area is 129 Å². The maximum atomic E-state index is 12.2. The first-order valence-corrected chi connectivity index (χ1v) is 6.56. The third kappa shape index (κ3) is 4.63. The molecule has 0 N–H and O–H groups in total. The Morgan fingerprint density at radius 3 is 2.41 bits per heavy atom. The number of carbonyl (C=O) groups excluding carboxylic acids is 1. The normalized spacial score (nSPS) is 11.6. The van der Waals surface area contributed by atoms with E-state index in [1.54, 1.807) is 30.3 Å². The maximum Gasteiger partial charge on any atom is 0.573 e. The minimum Gasteiger partial charge on any atom is -0.406 e. The van der Waals surface area contributed by atoms with Crippen LogP contribution in [-0.2, 0) is 0 Å². The summed E-state index contributed by atoms with van der Waals surface area (Å²) in [6, 6.07) is 12.2. The predicted molar refractivity (Wildman–Crippen MR) is 77.9 cm³/mol. The molecule has 0 bridgehead atoms. The molecular weight excluding hydrogens is 317 g/mol. The van der Waals surface area contributed by atoms with Crippen molar-refractivity contribution >= 4 is 23.5 Å². The van der Waals surface area contributed by atoms with Gasteiger partial charge in [0.25, 0.3) is 0 Å². The molecule has 22 heavy (non-hydrogen) atoms. The fourth-order valence-corrected chi connectivity index (χ4v) is 1.93. The van der Waals surface area contributed by atoms with Crippen LogP contribution in [0.25, 0.3) is 6.08 Å². The average Bonchev–Trinajstić information content (AvgIpc) is 2.46. The molecule has 0 amide bonds. The summed E-state index contributed by atoms with van der Waals surface area (Å²) in [5.74, 6) is -1.00. The number of rotatable bonds is 4. The fourth-order valence-electron chi connectivity index (χ4n) is 1.72. The van der Waals surface area contributed by atoms with Crippen LogP contribution in [0, 0.1) is 0 Å². The quantitative estimate of drug-likeness (QED) is 0.575. The lowest BCUT2D eigenvalue weighted by Crippen LogP contribution is -2.17. The van der Waals surface area contributed by atoms with E-state index in [0.717, 1.165) is 17.7 Å². The first-order chi connectivity index (χ1) is 10.3. The van der Waals surface area contributed by atoms with E-state index in [-0.39, 0.29) is 10.6 Å². The molecule has 0 atom stereocenters. The van der Waals surface area contributed by atoms with Gasteiger partial charge in [0, 0.05) is 5.56 Å². The van der Waals surface area contributed by atoms with Crippen LogP contribution in [0.1, 0.15) is 15.9 Å². The SMILES string of the molecule is O=C(C=Cc1ccccc1)c1cc(OC(F)(F)F)ccc1Cl.